The zero-order chi connectivity index (χ0) is 11.2. The van der Waals surface area contributed by atoms with Crippen LogP contribution in [0.1, 0.15) is 38.5 Å². The van der Waals surface area contributed by atoms with Crippen molar-refractivity contribution in [3.63, 3.8) is 0 Å². The molecule has 0 aromatic heterocycles. The summed E-state index contributed by atoms with van der Waals surface area (Å²) >= 11 is 0. The van der Waals surface area contributed by atoms with Gasteiger partial charge in [-0.2, -0.15) is 0 Å². The summed E-state index contributed by atoms with van der Waals surface area (Å²) in [4.78, 5) is 11.8. The zero-order valence-corrected chi connectivity index (χ0v) is 10.0. The molecule has 92 valence electrons. The van der Waals surface area contributed by atoms with E-state index in [1.165, 1.54) is 19.3 Å². The summed E-state index contributed by atoms with van der Waals surface area (Å²) in [6.45, 7) is 4.19. The van der Waals surface area contributed by atoms with Crippen LogP contribution in [0, 0.1) is 5.92 Å². The second-order valence-electron chi connectivity index (χ2n) is 4.98. The van der Waals surface area contributed by atoms with E-state index in [0.29, 0.717) is 12.3 Å². The minimum absolute atomic E-state index is 0.216. The van der Waals surface area contributed by atoms with Gasteiger partial charge in [0.25, 0.3) is 0 Å². The Morgan fingerprint density at radius 2 is 1.88 bits per heavy atom. The summed E-state index contributed by atoms with van der Waals surface area (Å²) in [6, 6.07) is 0. The van der Waals surface area contributed by atoms with Crippen LogP contribution >= 0.6 is 0 Å². The number of nitrogens with one attached hydrogen (secondary N) is 2. The molecule has 1 amide bonds. The van der Waals surface area contributed by atoms with E-state index in [0.717, 1.165) is 39.0 Å². The maximum atomic E-state index is 11.8. The van der Waals surface area contributed by atoms with E-state index < -0.39 is 0 Å². The molecular formula is C12H23N3O. The molecule has 0 saturated carbocycles. The molecule has 2 N–H and O–H groups in total. The van der Waals surface area contributed by atoms with Gasteiger partial charge in [-0.05, 0) is 44.7 Å². The highest BCUT2D eigenvalue weighted by Gasteiger charge is 2.18. The first-order valence-electron chi connectivity index (χ1n) is 6.60. The molecule has 0 spiro atoms. The van der Waals surface area contributed by atoms with Crippen LogP contribution in [0.4, 0.5) is 0 Å². The van der Waals surface area contributed by atoms with Gasteiger partial charge in [-0.25, -0.2) is 5.01 Å². The maximum absolute atomic E-state index is 11.8. The van der Waals surface area contributed by atoms with E-state index in [2.05, 4.69) is 15.8 Å². The van der Waals surface area contributed by atoms with Crippen LogP contribution in [0.3, 0.4) is 0 Å². The minimum atomic E-state index is 0.216. The quantitative estimate of drug-likeness (QED) is 0.750. The van der Waals surface area contributed by atoms with Gasteiger partial charge in [0.15, 0.2) is 0 Å². The van der Waals surface area contributed by atoms with Crippen molar-refractivity contribution < 1.29 is 4.79 Å². The summed E-state index contributed by atoms with van der Waals surface area (Å²) in [5, 5.41) is 5.42. The highest BCUT2D eigenvalue weighted by Crippen LogP contribution is 2.15. The van der Waals surface area contributed by atoms with Crippen LogP contribution in [0.25, 0.3) is 0 Å². The van der Waals surface area contributed by atoms with Crippen molar-refractivity contribution in [1.29, 1.82) is 0 Å². The topological polar surface area (TPSA) is 44.4 Å². The van der Waals surface area contributed by atoms with Crippen molar-refractivity contribution in [2.45, 2.75) is 38.5 Å². The second-order valence-corrected chi connectivity index (χ2v) is 4.98. The molecular weight excluding hydrogens is 202 g/mol. The van der Waals surface area contributed by atoms with E-state index in [1.807, 2.05) is 0 Å². The molecule has 16 heavy (non-hydrogen) atoms. The smallest absolute Gasteiger partial charge is 0.234 e. The number of piperidine rings is 2. The molecule has 0 aliphatic carbocycles. The Bertz CT molecular complexity index is 198. The molecule has 0 aromatic rings. The first-order valence-corrected chi connectivity index (χ1v) is 6.60. The lowest BCUT2D eigenvalue weighted by Crippen LogP contribution is -2.45. The van der Waals surface area contributed by atoms with Gasteiger partial charge in [-0.1, -0.05) is 6.42 Å². The summed E-state index contributed by atoms with van der Waals surface area (Å²) in [5.74, 6) is 0.805. The van der Waals surface area contributed by atoms with E-state index in [4.69, 9.17) is 0 Å². The predicted molar refractivity (Wildman–Crippen MR) is 63.8 cm³/mol. The van der Waals surface area contributed by atoms with Crippen molar-refractivity contribution in [2.75, 3.05) is 26.2 Å². The third-order valence-electron chi connectivity index (χ3n) is 3.57. The zero-order valence-electron chi connectivity index (χ0n) is 10.0. The SMILES string of the molecule is O=C(CC1CCNCC1)NN1CCCCC1. The fourth-order valence-electron chi connectivity index (χ4n) is 2.58. The van der Waals surface area contributed by atoms with Crippen LogP contribution in [0.5, 0.6) is 0 Å². The molecule has 0 unspecified atom stereocenters. The number of carbonyl (C=O) groups excluding carboxylic acids is 1. The molecule has 2 aliphatic heterocycles. The van der Waals surface area contributed by atoms with E-state index in [-0.39, 0.29) is 5.91 Å². The lowest BCUT2D eigenvalue weighted by Gasteiger charge is -2.28. The number of nitrogens with zero attached hydrogens (tertiary/aromatic N) is 1. The van der Waals surface area contributed by atoms with Crippen LogP contribution in [-0.4, -0.2) is 37.1 Å². The van der Waals surface area contributed by atoms with Crippen LogP contribution in [-0.2, 0) is 4.79 Å². The van der Waals surface area contributed by atoms with Crippen molar-refractivity contribution in [2.24, 2.45) is 5.92 Å². The van der Waals surface area contributed by atoms with Crippen LogP contribution in [0.15, 0.2) is 0 Å². The summed E-state index contributed by atoms with van der Waals surface area (Å²) < 4.78 is 0. The number of hydrogen-bond acceptors (Lipinski definition) is 3. The van der Waals surface area contributed by atoms with E-state index >= 15 is 0 Å². The van der Waals surface area contributed by atoms with E-state index in [1.54, 1.807) is 0 Å². The van der Waals surface area contributed by atoms with Gasteiger partial charge < -0.3 is 5.32 Å². The van der Waals surface area contributed by atoms with Crippen molar-refractivity contribution in [3.05, 3.63) is 0 Å². The molecule has 2 rings (SSSR count). The van der Waals surface area contributed by atoms with Crippen molar-refractivity contribution in [1.82, 2.24) is 15.8 Å². The second kappa shape index (κ2) is 6.21. The Morgan fingerprint density at radius 3 is 2.56 bits per heavy atom. The summed E-state index contributed by atoms with van der Waals surface area (Å²) in [5.41, 5.74) is 3.04. The first kappa shape index (κ1) is 11.9. The highest BCUT2D eigenvalue weighted by atomic mass is 16.2. The monoisotopic (exact) mass is 225 g/mol. The minimum Gasteiger partial charge on any atom is -0.317 e. The molecule has 0 radical (unpaired) electrons. The average molecular weight is 225 g/mol. The molecule has 2 saturated heterocycles. The molecule has 2 fully saturated rings. The van der Waals surface area contributed by atoms with Gasteiger partial charge >= 0.3 is 0 Å². The fourth-order valence-corrected chi connectivity index (χ4v) is 2.58. The number of amides is 1. The third-order valence-corrected chi connectivity index (χ3v) is 3.57. The van der Waals surface area contributed by atoms with Crippen molar-refractivity contribution in [3.8, 4) is 0 Å². The Labute approximate surface area is 97.7 Å². The van der Waals surface area contributed by atoms with Gasteiger partial charge in [0.1, 0.15) is 0 Å². The molecule has 4 heteroatoms. The number of hydrazine groups is 1. The molecule has 0 bridgehead atoms. The fraction of sp³-hybridized carbons (Fsp3) is 0.917. The van der Waals surface area contributed by atoms with Crippen LogP contribution < -0.4 is 10.7 Å². The molecule has 2 heterocycles. The number of carbonyl (C=O) groups is 1. The maximum Gasteiger partial charge on any atom is 0.234 e. The first-order chi connectivity index (χ1) is 7.84. The number of hydrogen-bond donors (Lipinski definition) is 2. The van der Waals surface area contributed by atoms with E-state index in [9.17, 15) is 4.79 Å². The predicted octanol–water partition coefficient (Wildman–Crippen LogP) is 0.893. The van der Waals surface area contributed by atoms with Gasteiger partial charge in [0.2, 0.25) is 5.91 Å². The van der Waals surface area contributed by atoms with Crippen molar-refractivity contribution >= 4 is 5.91 Å². The Kier molecular flexibility index (Phi) is 4.60. The molecule has 0 aromatic carbocycles. The standard InChI is InChI=1S/C12H23N3O/c16-12(10-11-4-6-13-7-5-11)14-15-8-2-1-3-9-15/h11,13H,1-10H2,(H,14,16). The Hall–Kier alpha value is -0.610. The van der Waals surface area contributed by atoms with Gasteiger partial charge in [-0.15, -0.1) is 0 Å². The Morgan fingerprint density at radius 1 is 1.19 bits per heavy atom. The summed E-state index contributed by atoms with van der Waals surface area (Å²) in [7, 11) is 0. The molecule has 2 aliphatic rings. The largest absolute Gasteiger partial charge is 0.317 e. The normalized spacial score (nSPS) is 24.2. The highest BCUT2D eigenvalue weighted by molar-refractivity contribution is 5.75. The van der Waals surface area contributed by atoms with Gasteiger partial charge in [0.05, 0.1) is 0 Å². The Balaban J connectivity index is 1.66. The number of rotatable bonds is 3. The molecule has 0 atom stereocenters. The third kappa shape index (κ3) is 3.76. The van der Waals surface area contributed by atoms with Gasteiger partial charge in [0, 0.05) is 19.5 Å². The molecule has 4 nitrogen and oxygen atoms in total. The van der Waals surface area contributed by atoms with Crippen LogP contribution in [0.2, 0.25) is 0 Å². The lowest BCUT2D eigenvalue weighted by atomic mass is 9.94. The lowest BCUT2D eigenvalue weighted by molar-refractivity contribution is -0.127. The van der Waals surface area contributed by atoms with Gasteiger partial charge in [-0.3, -0.25) is 10.2 Å². The average Bonchev–Trinajstić information content (AvgIpc) is 2.31. The summed E-state index contributed by atoms with van der Waals surface area (Å²) in [6.07, 6.45) is 6.74.